The molecule has 0 radical (unpaired) electrons. The monoisotopic (exact) mass is 330 g/mol. The molecular formula is C11H11ClN4O4S. The number of nitrogens with zero attached hydrogens (tertiary/aromatic N) is 3. The number of hydrogen-bond acceptors (Lipinski definition) is 5. The maximum Gasteiger partial charge on any atom is 0.356 e. The van der Waals surface area contributed by atoms with Crippen LogP contribution in [-0.2, 0) is 16.6 Å². The van der Waals surface area contributed by atoms with Gasteiger partial charge in [-0.2, -0.15) is 0 Å². The summed E-state index contributed by atoms with van der Waals surface area (Å²) in [6.07, 6.45) is 4.02. The number of imidazole rings is 1. The number of carboxylic acids is 1. The highest BCUT2D eigenvalue weighted by molar-refractivity contribution is 7.89. The molecule has 2 aromatic heterocycles. The zero-order valence-corrected chi connectivity index (χ0v) is 12.2. The fraction of sp³-hybridized carbons (Fsp3) is 0.182. The van der Waals surface area contributed by atoms with E-state index in [1.54, 1.807) is 0 Å². The summed E-state index contributed by atoms with van der Waals surface area (Å²) in [5, 5.41) is 8.61. The first-order valence-electron chi connectivity index (χ1n) is 5.75. The van der Waals surface area contributed by atoms with Crippen LogP contribution in [0.5, 0.6) is 0 Å². The molecule has 0 saturated carbocycles. The number of sulfonamides is 1. The third-order valence-electron chi connectivity index (χ3n) is 2.53. The Kier molecular flexibility index (Phi) is 4.56. The van der Waals surface area contributed by atoms with Crippen molar-refractivity contribution in [1.29, 1.82) is 0 Å². The second kappa shape index (κ2) is 6.20. The minimum atomic E-state index is -3.77. The van der Waals surface area contributed by atoms with E-state index in [1.807, 2.05) is 0 Å². The topological polar surface area (TPSA) is 114 Å². The lowest BCUT2D eigenvalue weighted by Crippen LogP contribution is -2.27. The predicted molar refractivity (Wildman–Crippen MR) is 73.6 cm³/mol. The summed E-state index contributed by atoms with van der Waals surface area (Å²) in [6, 6.07) is 2.81. The van der Waals surface area contributed by atoms with Gasteiger partial charge in [0.05, 0.1) is 6.33 Å². The number of nitrogens with one attached hydrogen (secondary N) is 1. The van der Waals surface area contributed by atoms with Crippen molar-refractivity contribution in [2.75, 3.05) is 6.54 Å². The number of pyridine rings is 1. The van der Waals surface area contributed by atoms with Crippen LogP contribution < -0.4 is 4.72 Å². The minimum absolute atomic E-state index is 0.0585. The van der Waals surface area contributed by atoms with Gasteiger partial charge in [-0.15, -0.1) is 0 Å². The molecule has 21 heavy (non-hydrogen) atoms. The van der Waals surface area contributed by atoms with Gasteiger partial charge in [0.2, 0.25) is 10.0 Å². The average molecular weight is 331 g/mol. The van der Waals surface area contributed by atoms with Gasteiger partial charge < -0.3 is 9.67 Å². The van der Waals surface area contributed by atoms with Gasteiger partial charge in [-0.25, -0.2) is 27.9 Å². The van der Waals surface area contributed by atoms with Crippen LogP contribution in [0.25, 0.3) is 0 Å². The van der Waals surface area contributed by atoms with Gasteiger partial charge >= 0.3 is 5.97 Å². The van der Waals surface area contributed by atoms with E-state index >= 15 is 0 Å². The molecule has 0 bridgehead atoms. The molecule has 0 aromatic carbocycles. The van der Waals surface area contributed by atoms with Gasteiger partial charge in [0, 0.05) is 25.5 Å². The Balaban J connectivity index is 1.99. The number of aromatic carboxylic acids is 1. The van der Waals surface area contributed by atoms with Gasteiger partial charge in [0.1, 0.15) is 10.0 Å². The molecular weight excluding hydrogens is 320 g/mol. The molecule has 2 rings (SSSR count). The molecule has 0 atom stereocenters. The quantitative estimate of drug-likeness (QED) is 0.750. The van der Waals surface area contributed by atoms with Crippen molar-refractivity contribution in [3.8, 4) is 0 Å². The van der Waals surface area contributed by atoms with E-state index in [-0.39, 0.29) is 28.8 Å². The second-order valence-electron chi connectivity index (χ2n) is 3.99. The predicted octanol–water partition coefficient (Wildman–Crippen LogP) is 0.608. The standard InChI is InChI=1S/C11H11ClN4O4S/c12-10-9(2-1-3-13-10)21(19,20)15-4-5-16-6-8(11(17)18)14-7-16/h1-3,6-7,15H,4-5H2,(H,17,18). The molecule has 2 heterocycles. The molecule has 0 aliphatic carbocycles. The van der Waals surface area contributed by atoms with Crippen molar-refractivity contribution in [1.82, 2.24) is 19.3 Å². The Bertz CT molecular complexity index is 759. The van der Waals surface area contributed by atoms with Crippen LogP contribution in [0.1, 0.15) is 10.5 Å². The maximum absolute atomic E-state index is 12.0. The number of carbonyl (C=O) groups is 1. The van der Waals surface area contributed by atoms with E-state index in [1.165, 1.54) is 35.4 Å². The van der Waals surface area contributed by atoms with Gasteiger partial charge in [-0.3, -0.25) is 0 Å². The molecule has 0 fully saturated rings. The molecule has 0 amide bonds. The van der Waals surface area contributed by atoms with Gasteiger partial charge in [-0.1, -0.05) is 11.6 Å². The van der Waals surface area contributed by atoms with Crippen LogP contribution in [0.2, 0.25) is 5.15 Å². The molecule has 0 unspecified atom stereocenters. The Labute approximate surface area is 125 Å². The number of hydrogen-bond donors (Lipinski definition) is 2. The van der Waals surface area contributed by atoms with Crippen LogP contribution in [0.4, 0.5) is 0 Å². The van der Waals surface area contributed by atoms with Crippen LogP contribution in [0, 0.1) is 0 Å². The highest BCUT2D eigenvalue weighted by atomic mass is 35.5. The number of aromatic nitrogens is 3. The van der Waals surface area contributed by atoms with Crippen LogP contribution in [0.3, 0.4) is 0 Å². The average Bonchev–Trinajstić information content (AvgIpc) is 2.88. The van der Waals surface area contributed by atoms with Gasteiger partial charge in [0.25, 0.3) is 0 Å². The Morgan fingerprint density at radius 3 is 2.81 bits per heavy atom. The summed E-state index contributed by atoms with van der Waals surface area (Å²) in [5.41, 5.74) is -0.104. The van der Waals surface area contributed by atoms with Crippen molar-refractivity contribution >= 4 is 27.6 Å². The highest BCUT2D eigenvalue weighted by Crippen LogP contribution is 2.17. The maximum atomic E-state index is 12.0. The third-order valence-corrected chi connectivity index (χ3v) is 4.43. The van der Waals surface area contributed by atoms with Crippen molar-refractivity contribution in [3.63, 3.8) is 0 Å². The summed E-state index contributed by atoms with van der Waals surface area (Å²) in [4.78, 5) is 17.9. The largest absolute Gasteiger partial charge is 0.476 e. The van der Waals surface area contributed by atoms with E-state index in [0.717, 1.165) is 0 Å². The molecule has 0 aliphatic rings. The number of carboxylic acid groups (broad SMARTS) is 1. The van der Waals surface area contributed by atoms with E-state index in [0.29, 0.717) is 0 Å². The Morgan fingerprint density at radius 2 is 2.19 bits per heavy atom. The fourth-order valence-corrected chi connectivity index (χ4v) is 3.02. The summed E-state index contributed by atoms with van der Waals surface area (Å²) < 4.78 is 27.8. The number of rotatable bonds is 6. The second-order valence-corrected chi connectivity index (χ2v) is 6.09. The van der Waals surface area contributed by atoms with Crippen LogP contribution in [0.15, 0.2) is 35.7 Å². The smallest absolute Gasteiger partial charge is 0.356 e. The first kappa shape index (κ1) is 15.4. The van der Waals surface area contributed by atoms with Gasteiger partial charge in [0.15, 0.2) is 5.69 Å². The molecule has 8 nitrogen and oxygen atoms in total. The van der Waals surface area contributed by atoms with Crippen molar-refractivity contribution in [2.24, 2.45) is 0 Å². The SMILES string of the molecule is O=C(O)c1cn(CCNS(=O)(=O)c2cccnc2Cl)cn1. The molecule has 0 spiro atoms. The van der Waals surface area contributed by atoms with E-state index < -0.39 is 16.0 Å². The third kappa shape index (κ3) is 3.78. The Hall–Kier alpha value is -1.97. The van der Waals surface area contributed by atoms with E-state index in [9.17, 15) is 13.2 Å². The molecule has 2 N–H and O–H groups in total. The van der Waals surface area contributed by atoms with E-state index in [2.05, 4.69) is 14.7 Å². The first-order valence-corrected chi connectivity index (χ1v) is 7.61. The minimum Gasteiger partial charge on any atom is -0.476 e. The van der Waals surface area contributed by atoms with Crippen molar-refractivity contribution in [3.05, 3.63) is 41.7 Å². The molecule has 0 saturated heterocycles. The van der Waals surface area contributed by atoms with Crippen LogP contribution in [-0.4, -0.2) is 40.6 Å². The molecule has 2 aromatic rings. The lowest BCUT2D eigenvalue weighted by atomic mass is 10.5. The molecule has 10 heteroatoms. The molecule has 0 aliphatic heterocycles. The van der Waals surface area contributed by atoms with Crippen molar-refractivity contribution in [2.45, 2.75) is 11.4 Å². The molecule has 112 valence electrons. The first-order chi connectivity index (χ1) is 9.90. The highest BCUT2D eigenvalue weighted by Gasteiger charge is 2.17. The zero-order chi connectivity index (χ0) is 15.5. The van der Waals surface area contributed by atoms with Gasteiger partial charge in [-0.05, 0) is 12.1 Å². The zero-order valence-electron chi connectivity index (χ0n) is 10.6. The van der Waals surface area contributed by atoms with Crippen LogP contribution >= 0.6 is 11.6 Å². The van der Waals surface area contributed by atoms with Crippen molar-refractivity contribution < 1.29 is 18.3 Å². The lowest BCUT2D eigenvalue weighted by Gasteiger charge is -2.07. The summed E-state index contributed by atoms with van der Waals surface area (Å²) in [5.74, 6) is -1.14. The van der Waals surface area contributed by atoms with E-state index in [4.69, 9.17) is 16.7 Å². The summed E-state index contributed by atoms with van der Waals surface area (Å²) >= 11 is 5.73. The number of halogens is 1. The summed E-state index contributed by atoms with van der Waals surface area (Å²) in [6.45, 7) is 0.292. The normalized spacial score (nSPS) is 11.5. The lowest BCUT2D eigenvalue weighted by molar-refractivity contribution is 0.0691. The fourth-order valence-electron chi connectivity index (χ4n) is 1.55. The summed E-state index contributed by atoms with van der Waals surface area (Å²) in [7, 11) is -3.77. The Morgan fingerprint density at radius 1 is 1.43 bits per heavy atom.